The maximum Gasteiger partial charge on any atom is 1.00 e. The van der Waals surface area contributed by atoms with Crippen LogP contribution in [0.5, 0.6) is 0 Å². The molecule has 0 spiro atoms. The average Bonchev–Trinajstić information content (AvgIpc) is 3.29. The second kappa shape index (κ2) is 60.9. The summed E-state index contributed by atoms with van der Waals surface area (Å²) in [5, 5.41) is 35.1. The van der Waals surface area contributed by atoms with E-state index in [2.05, 4.69) is 132 Å². The van der Waals surface area contributed by atoms with E-state index in [1.54, 1.807) is 13.0 Å². The van der Waals surface area contributed by atoms with Gasteiger partial charge in [-0.1, -0.05) is 109 Å². The minimum atomic E-state index is -1.00. The Kier molecular flexibility index (Phi) is 70.2. The smallest absolute Gasteiger partial charge is 1.00 e. The van der Waals surface area contributed by atoms with Crippen molar-refractivity contribution >= 4 is 72.1 Å². The number of hydrogen-bond donors (Lipinski definition) is 7. The molecule has 0 aliphatic heterocycles. The third kappa shape index (κ3) is 69.4. The number of nitrogens with one attached hydrogen (secondary N) is 5. The summed E-state index contributed by atoms with van der Waals surface area (Å²) in [6.07, 6.45) is 1.53. The Labute approximate surface area is 530 Å². The van der Waals surface area contributed by atoms with Crippen molar-refractivity contribution in [3.8, 4) is 0 Å². The van der Waals surface area contributed by atoms with Crippen molar-refractivity contribution in [1.29, 1.82) is 0 Å². The number of nitrogens with zero attached hydrogens (tertiary/aromatic N) is 3. The van der Waals surface area contributed by atoms with Crippen molar-refractivity contribution in [3.63, 3.8) is 0 Å². The average molecular weight is 1240 g/mol. The summed E-state index contributed by atoms with van der Waals surface area (Å²) < 4.78 is 28.0. The largest absolute Gasteiger partial charge is 1.00 e. The van der Waals surface area contributed by atoms with E-state index in [1.165, 1.54) is 17.5 Å². The van der Waals surface area contributed by atoms with Crippen LogP contribution in [0.2, 0.25) is 0 Å². The minimum absolute atomic E-state index is 0. The molecule has 0 aliphatic rings. The van der Waals surface area contributed by atoms with Gasteiger partial charge in [-0.2, -0.15) is 0 Å². The number of alkyl halides is 2. The summed E-state index contributed by atoms with van der Waals surface area (Å²) >= 11 is 10.2. The molecule has 0 unspecified atom stereocenters. The van der Waals surface area contributed by atoms with Gasteiger partial charge >= 0.3 is 115 Å². The van der Waals surface area contributed by atoms with Gasteiger partial charge in [-0.05, 0) is 134 Å². The van der Waals surface area contributed by atoms with Crippen LogP contribution in [0.3, 0.4) is 0 Å². The van der Waals surface area contributed by atoms with Crippen molar-refractivity contribution < 1.29 is 154 Å². The topological polar surface area (TPSA) is 266 Å². The Morgan fingerprint density at radius 2 is 1.21 bits per heavy atom. The third-order valence-electron chi connectivity index (χ3n) is 6.56. The minimum Gasteiger partial charge on any atom is -1.00 e. The van der Waals surface area contributed by atoms with Gasteiger partial charge in [0.1, 0.15) is 11.2 Å². The number of nitrogens with two attached hydrogens (primary N) is 1. The summed E-state index contributed by atoms with van der Waals surface area (Å²) in [5.74, 6) is 0. The first-order valence-electron chi connectivity index (χ1n) is 22.1. The SMILES string of the molecule is BrCc1cccc(Br)c1.CC(C)(C)OC(=O)NCCNCc1cccc(Br)c1.CC(C)(C)OC(=O)NCCNCc1cccc(N=[N+]=[N-])c1.CCCN.CCCNC.CCOO.O=CO[O-].[2H]CF.[H-].[K+].[K+]. The van der Waals surface area contributed by atoms with Gasteiger partial charge in [0, 0.05) is 64.1 Å². The summed E-state index contributed by atoms with van der Waals surface area (Å²) in [4.78, 5) is 40.3. The maximum atomic E-state index is 11.4. The molecule has 18 nitrogen and oxygen atoms in total. The molecule has 0 saturated heterocycles. The number of carbonyl (C=O) groups is 3. The first-order chi connectivity index (χ1) is 32.7. The van der Waals surface area contributed by atoms with E-state index in [4.69, 9.17) is 37.4 Å². The molecule has 70 heavy (non-hydrogen) atoms. The summed E-state index contributed by atoms with van der Waals surface area (Å²) in [5.41, 5.74) is 16.6. The van der Waals surface area contributed by atoms with Gasteiger partial charge in [-0.15, -0.1) is 0 Å². The number of amides is 2. The van der Waals surface area contributed by atoms with Crippen LogP contribution in [-0.4, -0.2) is 95.2 Å². The number of alkyl carbamates (subject to hydrolysis) is 2. The summed E-state index contributed by atoms with van der Waals surface area (Å²) in [6.45, 7) is 22.8. The van der Waals surface area contributed by atoms with Crippen molar-refractivity contribution in [1.82, 2.24) is 26.6 Å². The van der Waals surface area contributed by atoms with Crippen LogP contribution in [0.4, 0.5) is 19.7 Å². The third-order valence-corrected chi connectivity index (χ3v) is 8.19. The number of hydrogen-bond acceptors (Lipinski definition) is 14. The summed E-state index contributed by atoms with van der Waals surface area (Å²) in [6, 6.07) is 23.7. The Balaban J connectivity index is -0.000000121. The predicted molar refractivity (Wildman–Crippen MR) is 281 cm³/mol. The molecule has 0 aliphatic carbocycles. The van der Waals surface area contributed by atoms with E-state index in [-0.39, 0.29) is 117 Å². The molecule has 3 rings (SSSR count). The number of ether oxygens (including phenoxy) is 2. The van der Waals surface area contributed by atoms with Gasteiger partial charge in [0.2, 0.25) is 0 Å². The van der Waals surface area contributed by atoms with Crippen LogP contribution in [0.15, 0.2) is 86.9 Å². The first kappa shape index (κ1) is 80.7. The van der Waals surface area contributed by atoms with Crippen LogP contribution >= 0.6 is 47.8 Å². The fourth-order valence-electron chi connectivity index (χ4n) is 3.90. The number of rotatable bonds is 17. The maximum absolute atomic E-state index is 11.4. The van der Waals surface area contributed by atoms with Gasteiger partial charge in [0.15, 0.2) is 0 Å². The van der Waals surface area contributed by atoms with Gasteiger partial charge in [0.05, 0.1) is 15.1 Å². The molecule has 0 aromatic heterocycles. The molecule has 0 fully saturated rings. The quantitative estimate of drug-likeness (QED) is 0.0115. The van der Waals surface area contributed by atoms with E-state index in [1.807, 2.05) is 91.1 Å². The molecule has 3 aromatic rings. The Bertz CT molecular complexity index is 1720. The van der Waals surface area contributed by atoms with E-state index < -0.39 is 24.4 Å². The normalized spacial score (nSPS) is 9.47. The van der Waals surface area contributed by atoms with Crippen molar-refractivity contribution in [2.24, 2.45) is 10.8 Å². The zero-order valence-corrected chi connectivity index (χ0v) is 54.3. The molecular weight excluding hydrogens is 1160 g/mol. The molecule has 392 valence electrons. The number of carbonyl (C=O) groups excluding carboxylic acids is 3. The Morgan fingerprint density at radius 3 is 1.50 bits per heavy atom. The van der Waals surface area contributed by atoms with E-state index in [0.29, 0.717) is 45.0 Å². The molecule has 0 saturated carbocycles. The molecule has 0 heterocycles. The number of benzene rings is 3. The molecule has 8 N–H and O–H groups in total. The van der Waals surface area contributed by atoms with Crippen molar-refractivity contribution in [2.75, 3.05) is 60.1 Å². The Hall–Kier alpha value is -0.657. The molecule has 3 aromatic carbocycles. The van der Waals surface area contributed by atoms with Crippen LogP contribution < -0.4 is 140 Å². The fraction of sp³-hybridized carbons (Fsp3) is 0.543. The molecule has 0 atom stereocenters. The fourth-order valence-corrected chi connectivity index (χ4v) is 5.14. The summed E-state index contributed by atoms with van der Waals surface area (Å²) in [7, 11) is 0.962. The van der Waals surface area contributed by atoms with Gasteiger partial charge < -0.3 is 53.4 Å². The standard InChI is InChI=1S/C14H21BrN2O2.C14H21N5O2.C7H6Br2.C4H11N.C3H9N.C2H6O2.CH3F.CH2O3.2K.H/c1-14(2,3)19-13(18)17-8-7-16-10-11-5-4-6-12(15)9-11;1-14(2,3)21-13(20)17-8-7-16-10-11-5-4-6-12(9-11)18-19-15;8-5-6-2-1-3-7(9)4-6;1-3-4-5-2;1-2-3-4;1-2-4-3;1-2;2-1-4-3;;;/h4-6,9,16H,7-8,10H2,1-3H3,(H,17,18);4-6,9,16H,7-8,10H2,1-3H3,(H,17,20);1-4H,5H2;5H,3-4H2,1-2H3;2-4H2,1H3;3H,2H2,1H3;1H3;1,3H;;;/q;;;;;;;;2*+1;-1/p-1/i;;;;;;1D;;;;. The van der Waals surface area contributed by atoms with Crippen LogP contribution in [0.1, 0.15) is 94.6 Å². The van der Waals surface area contributed by atoms with E-state index in [0.717, 1.165) is 45.9 Å². The zero-order valence-electron chi connectivity index (χ0n) is 45.3. The Morgan fingerprint density at radius 1 is 0.829 bits per heavy atom. The van der Waals surface area contributed by atoms with Gasteiger partial charge in [-0.3, -0.25) is 14.4 Å². The van der Waals surface area contributed by atoms with Crippen molar-refractivity contribution in [3.05, 3.63) is 109 Å². The number of halogens is 4. The second-order valence-corrected chi connectivity index (χ2v) is 17.4. The number of azide groups is 1. The van der Waals surface area contributed by atoms with Crippen LogP contribution in [0, 0.1) is 0 Å². The molecule has 0 bridgehead atoms. The van der Waals surface area contributed by atoms with Crippen molar-refractivity contribution in [2.45, 2.75) is 105 Å². The predicted octanol–water partition coefficient (Wildman–Crippen LogP) is 4.26. The monoisotopic (exact) mass is 1240 g/mol. The van der Waals surface area contributed by atoms with Crippen LogP contribution in [-0.2, 0) is 42.5 Å². The van der Waals surface area contributed by atoms with Gasteiger partial charge in [0.25, 0.3) is 6.47 Å². The van der Waals surface area contributed by atoms with Gasteiger partial charge in [-0.25, -0.2) is 14.5 Å². The molecule has 2 amide bonds. The molecular formula is C46H79Br3FK2N9O9. The second-order valence-electron chi connectivity index (χ2n) is 15.0. The van der Waals surface area contributed by atoms with Crippen LogP contribution in [0.25, 0.3) is 10.4 Å². The van der Waals surface area contributed by atoms with E-state index >= 15 is 0 Å². The zero-order chi connectivity index (χ0) is 53.8. The molecule has 24 heteroatoms. The first-order valence-corrected chi connectivity index (χ1v) is 24.1. The van der Waals surface area contributed by atoms with E-state index in [9.17, 15) is 14.0 Å². The molecule has 0 radical (unpaired) electrons.